The largest absolute Gasteiger partial charge is 0.489 e. The van der Waals surface area contributed by atoms with Gasteiger partial charge in [-0.25, -0.2) is 0 Å². The Morgan fingerprint density at radius 1 is 0.862 bits per heavy atom. The summed E-state index contributed by atoms with van der Waals surface area (Å²) in [5.41, 5.74) is 0.178. The number of hydrogen-bond acceptors (Lipinski definition) is 4. The van der Waals surface area contributed by atoms with Crippen molar-refractivity contribution in [2.75, 3.05) is 16.0 Å². The topological polar surface area (TPSA) is 96.5 Å². The first kappa shape index (κ1) is 21.9. The number of nitrogens with one attached hydrogen (secondary N) is 3. The Balaban J connectivity index is 2.13. The summed E-state index contributed by atoms with van der Waals surface area (Å²) >= 11 is 0. The first-order valence-corrected chi connectivity index (χ1v) is 9.36. The van der Waals surface area contributed by atoms with Crippen LogP contribution in [0.5, 0.6) is 5.75 Å². The first-order valence-electron chi connectivity index (χ1n) is 9.36. The van der Waals surface area contributed by atoms with Crippen LogP contribution in [0.2, 0.25) is 0 Å². The van der Waals surface area contributed by atoms with Crippen LogP contribution in [0.4, 0.5) is 17.1 Å². The number of rotatable bonds is 7. The summed E-state index contributed by atoms with van der Waals surface area (Å²) in [6.45, 7) is 8.28. The molecule has 0 radical (unpaired) electrons. The summed E-state index contributed by atoms with van der Waals surface area (Å²) in [6, 6.07) is 13.8. The van der Waals surface area contributed by atoms with Crippen molar-refractivity contribution in [2.45, 2.75) is 40.7 Å². The van der Waals surface area contributed by atoms with Gasteiger partial charge in [-0.1, -0.05) is 18.2 Å². The zero-order valence-electron chi connectivity index (χ0n) is 17.3. The molecule has 2 rings (SSSR count). The van der Waals surface area contributed by atoms with Crippen molar-refractivity contribution < 1.29 is 19.1 Å². The molecule has 0 aliphatic carbocycles. The molecule has 154 valence electrons. The highest BCUT2D eigenvalue weighted by Crippen LogP contribution is 2.28. The third-order valence-electron chi connectivity index (χ3n) is 4.07. The highest BCUT2D eigenvalue weighted by atomic mass is 16.5. The zero-order chi connectivity index (χ0) is 21.6. The molecule has 0 fully saturated rings. The molecule has 3 N–H and O–H groups in total. The maximum atomic E-state index is 12.8. The Hall–Kier alpha value is -3.35. The van der Waals surface area contributed by atoms with E-state index in [2.05, 4.69) is 16.0 Å². The van der Waals surface area contributed by atoms with Crippen molar-refractivity contribution in [3.05, 3.63) is 48.5 Å². The minimum Gasteiger partial charge on any atom is -0.489 e. The second-order valence-corrected chi connectivity index (χ2v) is 7.46. The predicted octanol–water partition coefficient (Wildman–Crippen LogP) is 4.04. The van der Waals surface area contributed by atoms with Crippen LogP contribution in [-0.2, 0) is 14.4 Å². The molecular formula is C22H27N3O4. The number of amides is 3. The Bertz CT molecular complexity index is 906. The van der Waals surface area contributed by atoms with Crippen molar-refractivity contribution in [1.82, 2.24) is 0 Å². The Morgan fingerprint density at radius 3 is 2.07 bits per heavy atom. The van der Waals surface area contributed by atoms with Crippen molar-refractivity contribution in [3.8, 4) is 5.75 Å². The van der Waals surface area contributed by atoms with Crippen LogP contribution in [0.1, 0.15) is 34.6 Å². The number of hydrogen-bond donors (Lipinski definition) is 3. The average Bonchev–Trinajstić information content (AvgIpc) is 2.62. The van der Waals surface area contributed by atoms with E-state index in [0.717, 1.165) is 0 Å². The lowest BCUT2D eigenvalue weighted by molar-refractivity contribution is -0.135. The quantitative estimate of drug-likeness (QED) is 0.615. The molecule has 0 saturated heterocycles. The van der Waals surface area contributed by atoms with E-state index in [1.54, 1.807) is 56.3 Å². The van der Waals surface area contributed by atoms with Crippen LogP contribution in [0, 0.1) is 5.41 Å². The van der Waals surface area contributed by atoms with Gasteiger partial charge in [0.1, 0.15) is 11.2 Å². The van der Waals surface area contributed by atoms with E-state index in [4.69, 9.17) is 4.74 Å². The molecule has 0 aliphatic rings. The van der Waals surface area contributed by atoms with Crippen molar-refractivity contribution in [2.24, 2.45) is 5.41 Å². The Morgan fingerprint density at radius 2 is 1.45 bits per heavy atom. The van der Waals surface area contributed by atoms with Gasteiger partial charge in [0.05, 0.1) is 11.8 Å². The van der Waals surface area contributed by atoms with E-state index in [1.807, 2.05) is 19.9 Å². The van der Waals surface area contributed by atoms with E-state index in [-0.39, 0.29) is 12.0 Å². The van der Waals surface area contributed by atoms with Gasteiger partial charge in [0, 0.05) is 18.3 Å². The van der Waals surface area contributed by atoms with Gasteiger partial charge in [-0.3, -0.25) is 14.4 Å². The summed E-state index contributed by atoms with van der Waals surface area (Å²) in [7, 11) is 0. The van der Waals surface area contributed by atoms with Gasteiger partial charge in [-0.2, -0.15) is 0 Å². The fourth-order valence-corrected chi connectivity index (χ4v) is 2.47. The van der Waals surface area contributed by atoms with E-state index in [1.165, 1.54) is 6.92 Å². The summed E-state index contributed by atoms with van der Waals surface area (Å²) in [5.74, 6) is -0.615. The molecule has 0 spiro atoms. The van der Waals surface area contributed by atoms with Crippen LogP contribution >= 0.6 is 0 Å². The van der Waals surface area contributed by atoms with Crippen molar-refractivity contribution >= 4 is 34.8 Å². The van der Waals surface area contributed by atoms with Crippen molar-refractivity contribution in [3.63, 3.8) is 0 Å². The fourth-order valence-electron chi connectivity index (χ4n) is 2.47. The zero-order valence-corrected chi connectivity index (χ0v) is 17.3. The third kappa shape index (κ3) is 6.07. The number of carbonyl (C=O) groups is 3. The van der Waals surface area contributed by atoms with Crippen LogP contribution in [0.15, 0.2) is 48.5 Å². The van der Waals surface area contributed by atoms with Gasteiger partial charge in [0.25, 0.3) is 0 Å². The fraction of sp³-hybridized carbons (Fsp3) is 0.318. The second kappa shape index (κ2) is 9.23. The molecule has 0 heterocycles. The molecule has 0 unspecified atom stereocenters. The molecule has 2 aromatic rings. The van der Waals surface area contributed by atoms with Crippen LogP contribution in [0.3, 0.4) is 0 Å². The monoisotopic (exact) mass is 397 g/mol. The number of anilines is 3. The number of carbonyl (C=O) groups excluding carboxylic acids is 3. The Labute approximate surface area is 170 Å². The average molecular weight is 397 g/mol. The molecule has 0 saturated carbocycles. The minimum atomic E-state index is -1.35. The molecular weight excluding hydrogens is 370 g/mol. The molecule has 0 atom stereocenters. The molecule has 3 amide bonds. The molecule has 7 nitrogen and oxygen atoms in total. The number of ether oxygens (including phenoxy) is 1. The first-order chi connectivity index (χ1) is 13.6. The van der Waals surface area contributed by atoms with Crippen LogP contribution < -0.4 is 20.7 Å². The SMILES string of the molecule is CC(=O)Nc1cccc(NC(=O)C(C)(C)C(=O)Nc2ccccc2OC(C)C)c1. The van der Waals surface area contributed by atoms with Gasteiger partial charge in [-0.15, -0.1) is 0 Å². The molecule has 29 heavy (non-hydrogen) atoms. The van der Waals surface area contributed by atoms with Crippen molar-refractivity contribution in [1.29, 1.82) is 0 Å². The van der Waals surface area contributed by atoms with Gasteiger partial charge in [0.15, 0.2) is 0 Å². The minimum absolute atomic E-state index is 0.0553. The van der Waals surface area contributed by atoms with Crippen LogP contribution in [-0.4, -0.2) is 23.8 Å². The second-order valence-electron chi connectivity index (χ2n) is 7.46. The van der Waals surface area contributed by atoms with E-state index in [9.17, 15) is 14.4 Å². The molecule has 7 heteroatoms. The van der Waals surface area contributed by atoms with Crippen LogP contribution in [0.25, 0.3) is 0 Å². The molecule has 0 aromatic heterocycles. The smallest absolute Gasteiger partial charge is 0.239 e. The lowest BCUT2D eigenvalue weighted by Crippen LogP contribution is -2.41. The Kier molecular flexibility index (Phi) is 6.98. The van der Waals surface area contributed by atoms with E-state index >= 15 is 0 Å². The lowest BCUT2D eigenvalue weighted by atomic mass is 9.90. The predicted molar refractivity (Wildman–Crippen MR) is 114 cm³/mol. The highest BCUT2D eigenvalue weighted by molar-refractivity contribution is 6.14. The summed E-state index contributed by atoms with van der Waals surface area (Å²) in [5, 5.41) is 8.16. The maximum Gasteiger partial charge on any atom is 0.239 e. The summed E-state index contributed by atoms with van der Waals surface area (Å²) in [6.07, 6.45) is -0.0553. The number of para-hydroxylation sites is 2. The standard InChI is InChI=1S/C22H27N3O4/c1-14(2)29-19-12-7-6-11-18(19)25-21(28)22(4,5)20(27)24-17-10-8-9-16(13-17)23-15(3)26/h6-14H,1-5H3,(H,23,26)(H,24,27)(H,25,28). The number of benzene rings is 2. The van der Waals surface area contributed by atoms with Gasteiger partial charge >= 0.3 is 0 Å². The summed E-state index contributed by atoms with van der Waals surface area (Å²) in [4.78, 5) is 36.8. The lowest BCUT2D eigenvalue weighted by Gasteiger charge is -2.24. The normalized spacial score (nSPS) is 11.0. The van der Waals surface area contributed by atoms with E-state index in [0.29, 0.717) is 22.8 Å². The third-order valence-corrected chi connectivity index (χ3v) is 4.07. The summed E-state index contributed by atoms with van der Waals surface area (Å²) < 4.78 is 5.71. The van der Waals surface area contributed by atoms with Gasteiger partial charge < -0.3 is 20.7 Å². The molecule has 2 aromatic carbocycles. The maximum absolute atomic E-state index is 12.8. The highest BCUT2D eigenvalue weighted by Gasteiger charge is 2.36. The van der Waals surface area contributed by atoms with Gasteiger partial charge in [0.2, 0.25) is 17.7 Å². The molecule has 0 bridgehead atoms. The van der Waals surface area contributed by atoms with E-state index < -0.39 is 17.2 Å². The van der Waals surface area contributed by atoms with Gasteiger partial charge in [-0.05, 0) is 58.0 Å². The molecule has 0 aliphatic heterocycles.